The smallest absolute Gasteiger partial charge is 0.124 e. The third-order valence-corrected chi connectivity index (χ3v) is 2.71. The highest BCUT2D eigenvalue weighted by Crippen LogP contribution is 2.28. The zero-order chi connectivity index (χ0) is 10.8. The molecule has 1 aliphatic carbocycles. The minimum atomic E-state index is -0.439. The standard InChI is InChI=1S/C11H10ClFN2/c12-10-5-7(13)1-4-9(10)11(6-14)15-8-2-3-8/h1,4-5,8,11,15H,2-3H2. The van der Waals surface area contributed by atoms with Crippen LogP contribution in [-0.4, -0.2) is 6.04 Å². The van der Waals surface area contributed by atoms with Gasteiger partial charge in [0, 0.05) is 16.6 Å². The summed E-state index contributed by atoms with van der Waals surface area (Å²) in [6, 6.07) is 6.21. The molecule has 0 amide bonds. The molecule has 0 bridgehead atoms. The van der Waals surface area contributed by atoms with Crippen LogP contribution in [0.3, 0.4) is 0 Å². The summed E-state index contributed by atoms with van der Waals surface area (Å²) in [5.74, 6) is -0.383. The van der Waals surface area contributed by atoms with Crippen molar-refractivity contribution in [3.8, 4) is 6.07 Å². The predicted octanol–water partition coefficient (Wildman–Crippen LogP) is 2.80. The van der Waals surface area contributed by atoms with Crippen molar-refractivity contribution in [2.45, 2.75) is 24.9 Å². The van der Waals surface area contributed by atoms with Crippen molar-refractivity contribution in [3.63, 3.8) is 0 Å². The number of rotatable bonds is 3. The van der Waals surface area contributed by atoms with Crippen molar-refractivity contribution >= 4 is 11.6 Å². The van der Waals surface area contributed by atoms with E-state index in [-0.39, 0.29) is 5.82 Å². The van der Waals surface area contributed by atoms with Crippen molar-refractivity contribution in [2.75, 3.05) is 0 Å². The van der Waals surface area contributed by atoms with Crippen LogP contribution in [-0.2, 0) is 0 Å². The summed E-state index contributed by atoms with van der Waals surface area (Å²) in [5.41, 5.74) is 0.646. The average molecular weight is 225 g/mol. The zero-order valence-electron chi connectivity index (χ0n) is 8.00. The molecule has 1 saturated carbocycles. The van der Waals surface area contributed by atoms with E-state index in [9.17, 15) is 4.39 Å². The fourth-order valence-corrected chi connectivity index (χ4v) is 1.69. The minimum Gasteiger partial charge on any atom is -0.295 e. The van der Waals surface area contributed by atoms with Gasteiger partial charge in [-0.15, -0.1) is 0 Å². The Morgan fingerprint density at radius 2 is 2.27 bits per heavy atom. The fourth-order valence-electron chi connectivity index (χ4n) is 1.42. The highest BCUT2D eigenvalue weighted by atomic mass is 35.5. The third-order valence-electron chi connectivity index (χ3n) is 2.38. The molecule has 78 valence electrons. The summed E-state index contributed by atoms with van der Waals surface area (Å²) in [5, 5.41) is 12.4. The number of nitriles is 1. The van der Waals surface area contributed by atoms with Gasteiger partial charge in [0.2, 0.25) is 0 Å². The van der Waals surface area contributed by atoms with Crippen LogP contribution in [0.1, 0.15) is 24.4 Å². The third kappa shape index (κ3) is 2.47. The number of nitrogens with one attached hydrogen (secondary N) is 1. The first kappa shape index (κ1) is 10.4. The summed E-state index contributed by atoms with van der Waals surface area (Å²) in [4.78, 5) is 0. The molecule has 15 heavy (non-hydrogen) atoms. The van der Waals surface area contributed by atoms with E-state index >= 15 is 0 Å². The van der Waals surface area contributed by atoms with E-state index in [1.54, 1.807) is 6.07 Å². The maximum absolute atomic E-state index is 12.8. The molecule has 1 N–H and O–H groups in total. The topological polar surface area (TPSA) is 35.8 Å². The van der Waals surface area contributed by atoms with Gasteiger partial charge in [0.05, 0.1) is 6.07 Å². The van der Waals surface area contributed by atoms with Gasteiger partial charge in [-0.1, -0.05) is 17.7 Å². The average Bonchev–Trinajstić information content (AvgIpc) is 2.99. The molecule has 0 aliphatic heterocycles. The largest absolute Gasteiger partial charge is 0.295 e. The van der Waals surface area contributed by atoms with Crippen LogP contribution in [0.4, 0.5) is 4.39 Å². The van der Waals surface area contributed by atoms with Crippen molar-refractivity contribution in [2.24, 2.45) is 0 Å². The van der Waals surface area contributed by atoms with E-state index in [1.165, 1.54) is 12.1 Å². The summed E-state index contributed by atoms with van der Waals surface area (Å²) in [6.45, 7) is 0. The summed E-state index contributed by atoms with van der Waals surface area (Å²) in [6.07, 6.45) is 2.19. The van der Waals surface area contributed by atoms with Gasteiger partial charge in [-0.2, -0.15) is 5.26 Å². The van der Waals surface area contributed by atoms with E-state index in [2.05, 4.69) is 11.4 Å². The van der Waals surface area contributed by atoms with E-state index < -0.39 is 6.04 Å². The molecule has 4 heteroatoms. The second kappa shape index (κ2) is 4.18. The predicted molar refractivity (Wildman–Crippen MR) is 55.9 cm³/mol. The van der Waals surface area contributed by atoms with Crippen LogP contribution in [0.2, 0.25) is 5.02 Å². The number of hydrogen-bond donors (Lipinski definition) is 1. The molecular formula is C11H10ClFN2. The second-order valence-corrected chi connectivity index (χ2v) is 4.08. The SMILES string of the molecule is N#CC(NC1CC1)c1ccc(F)cc1Cl. The molecule has 0 heterocycles. The van der Waals surface area contributed by atoms with Gasteiger partial charge in [0.25, 0.3) is 0 Å². The van der Waals surface area contributed by atoms with E-state index in [0.717, 1.165) is 12.8 Å². The fraction of sp³-hybridized carbons (Fsp3) is 0.364. The van der Waals surface area contributed by atoms with Gasteiger partial charge >= 0.3 is 0 Å². The van der Waals surface area contributed by atoms with Crippen molar-refractivity contribution in [1.29, 1.82) is 5.26 Å². The van der Waals surface area contributed by atoms with Crippen LogP contribution in [0.25, 0.3) is 0 Å². The van der Waals surface area contributed by atoms with Gasteiger partial charge in [0.15, 0.2) is 0 Å². The first-order valence-corrected chi connectivity index (χ1v) is 5.19. The van der Waals surface area contributed by atoms with Crippen molar-refractivity contribution in [3.05, 3.63) is 34.6 Å². The van der Waals surface area contributed by atoms with Gasteiger partial charge in [0.1, 0.15) is 11.9 Å². The first-order chi connectivity index (χ1) is 7.20. The summed E-state index contributed by atoms with van der Waals surface area (Å²) < 4.78 is 12.8. The highest BCUT2D eigenvalue weighted by Gasteiger charge is 2.26. The van der Waals surface area contributed by atoms with Crippen LogP contribution in [0.5, 0.6) is 0 Å². The van der Waals surface area contributed by atoms with Crippen LogP contribution in [0.15, 0.2) is 18.2 Å². The van der Waals surface area contributed by atoms with Crippen LogP contribution in [0, 0.1) is 17.1 Å². The Balaban J connectivity index is 2.21. The Bertz CT molecular complexity index is 410. The molecule has 0 saturated heterocycles. The van der Waals surface area contributed by atoms with Crippen molar-refractivity contribution in [1.82, 2.24) is 5.32 Å². The molecule has 0 radical (unpaired) electrons. The molecule has 1 unspecified atom stereocenters. The lowest BCUT2D eigenvalue weighted by Crippen LogP contribution is -2.22. The van der Waals surface area contributed by atoms with Crippen molar-refractivity contribution < 1.29 is 4.39 Å². The van der Waals surface area contributed by atoms with Gasteiger partial charge in [-0.25, -0.2) is 4.39 Å². The molecule has 2 rings (SSSR count). The molecule has 1 fully saturated rings. The van der Waals surface area contributed by atoms with Gasteiger partial charge in [-0.3, -0.25) is 5.32 Å². The van der Waals surface area contributed by atoms with Crippen LogP contribution >= 0.6 is 11.6 Å². The Kier molecular flexibility index (Phi) is 2.90. The van der Waals surface area contributed by atoms with Crippen LogP contribution < -0.4 is 5.32 Å². The van der Waals surface area contributed by atoms with E-state index in [0.29, 0.717) is 16.6 Å². The molecular weight excluding hydrogens is 215 g/mol. The number of benzene rings is 1. The first-order valence-electron chi connectivity index (χ1n) is 4.81. The minimum absolute atomic E-state index is 0.301. The number of hydrogen-bond acceptors (Lipinski definition) is 2. The molecule has 1 aliphatic rings. The lowest BCUT2D eigenvalue weighted by Gasteiger charge is -2.12. The second-order valence-electron chi connectivity index (χ2n) is 3.67. The maximum Gasteiger partial charge on any atom is 0.124 e. The highest BCUT2D eigenvalue weighted by molar-refractivity contribution is 6.31. The molecule has 1 atom stereocenters. The lowest BCUT2D eigenvalue weighted by molar-refractivity contribution is 0.612. The van der Waals surface area contributed by atoms with Gasteiger partial charge in [-0.05, 0) is 25.0 Å². The molecule has 1 aromatic rings. The Hall–Kier alpha value is -1.11. The maximum atomic E-state index is 12.8. The monoisotopic (exact) mass is 224 g/mol. The number of nitrogens with zero attached hydrogens (tertiary/aromatic N) is 1. The van der Waals surface area contributed by atoms with Gasteiger partial charge < -0.3 is 0 Å². The quantitative estimate of drug-likeness (QED) is 0.857. The lowest BCUT2D eigenvalue weighted by atomic mass is 10.1. The van der Waals surface area contributed by atoms with E-state index in [4.69, 9.17) is 16.9 Å². The molecule has 0 aromatic heterocycles. The molecule has 1 aromatic carbocycles. The zero-order valence-corrected chi connectivity index (χ0v) is 8.76. The summed E-state index contributed by atoms with van der Waals surface area (Å²) >= 11 is 5.88. The number of halogens is 2. The Morgan fingerprint density at radius 3 is 2.80 bits per heavy atom. The van der Waals surface area contributed by atoms with E-state index in [1.807, 2.05) is 0 Å². The Labute approximate surface area is 92.7 Å². The Morgan fingerprint density at radius 1 is 1.53 bits per heavy atom. The summed E-state index contributed by atoms with van der Waals surface area (Å²) in [7, 11) is 0. The normalized spacial score (nSPS) is 17.1. The molecule has 0 spiro atoms. The molecule has 2 nitrogen and oxygen atoms in total.